The minimum atomic E-state index is -2.03. The number of esters is 1. The predicted molar refractivity (Wildman–Crippen MR) is 155 cm³/mol. The Hall–Kier alpha value is -5.35. The lowest BCUT2D eigenvalue weighted by atomic mass is 9.96. The lowest BCUT2D eigenvalue weighted by Gasteiger charge is -2.56. The Labute approximate surface area is 257 Å². The van der Waals surface area contributed by atoms with Gasteiger partial charge in [0.25, 0.3) is 17.5 Å². The van der Waals surface area contributed by atoms with Crippen molar-refractivity contribution in [2.24, 2.45) is 0 Å². The molecule has 16 heteroatoms. The number of amides is 3. The first-order chi connectivity index (χ1) is 21.4. The van der Waals surface area contributed by atoms with E-state index in [1.54, 1.807) is 18.2 Å². The van der Waals surface area contributed by atoms with Crippen LogP contribution in [-0.4, -0.2) is 80.4 Å². The lowest BCUT2D eigenvalue weighted by Crippen LogP contribution is -2.81. The summed E-state index contributed by atoms with van der Waals surface area (Å²) in [5, 5.41) is 33.3. The molecule has 2 aliphatic heterocycles. The number of carboxylic acid groups (broad SMARTS) is 1. The molecule has 3 aromatic rings. The Morgan fingerprint density at radius 3 is 2.49 bits per heavy atom. The molecule has 15 nitrogen and oxygen atoms in total. The highest BCUT2D eigenvalue weighted by Gasteiger charge is 2.67. The highest BCUT2D eigenvalue weighted by atomic mass is 32.2. The van der Waals surface area contributed by atoms with Crippen LogP contribution in [0.1, 0.15) is 28.9 Å². The number of thioether (sulfide) groups is 1. The number of rotatable bonds is 9. The topological polar surface area (TPSA) is 222 Å². The zero-order chi connectivity index (χ0) is 32.6. The number of phenolic OH excluding ortho intramolecular Hbond substituents is 2. The molecule has 234 valence electrons. The molecule has 0 radical (unpaired) electrons. The van der Waals surface area contributed by atoms with Gasteiger partial charge in [0.1, 0.15) is 35.5 Å². The van der Waals surface area contributed by atoms with Gasteiger partial charge in [0.15, 0.2) is 11.3 Å². The van der Waals surface area contributed by atoms with E-state index in [0.29, 0.717) is 0 Å². The Morgan fingerprint density at radius 2 is 1.84 bits per heavy atom. The summed E-state index contributed by atoms with van der Waals surface area (Å²) in [6.45, 7) is 0.809. The van der Waals surface area contributed by atoms with Crippen LogP contribution in [0.2, 0.25) is 0 Å². The summed E-state index contributed by atoms with van der Waals surface area (Å²) in [6.07, 6.45) is 0.773. The van der Waals surface area contributed by atoms with Crippen molar-refractivity contribution < 1.29 is 53.2 Å². The fourth-order valence-corrected chi connectivity index (χ4v) is 6.40. The first kappa shape index (κ1) is 31.1. The predicted octanol–water partition coefficient (Wildman–Crippen LogP) is 0.951. The van der Waals surface area contributed by atoms with E-state index in [1.165, 1.54) is 12.1 Å². The number of aliphatic carboxylic acids is 1. The van der Waals surface area contributed by atoms with Gasteiger partial charge in [-0.3, -0.25) is 28.9 Å². The largest absolute Gasteiger partial charge is 0.504 e. The van der Waals surface area contributed by atoms with Gasteiger partial charge in [-0.25, -0.2) is 4.79 Å². The third-order valence-corrected chi connectivity index (χ3v) is 8.58. The number of aromatic hydroxyl groups is 2. The molecular weight excluding hydrogens is 614 g/mol. The molecule has 2 aromatic carbocycles. The fraction of sp³-hybridized carbons (Fsp3) is 0.241. The van der Waals surface area contributed by atoms with E-state index in [-0.39, 0.29) is 34.5 Å². The second-order valence-electron chi connectivity index (χ2n) is 9.91. The van der Waals surface area contributed by atoms with E-state index in [4.69, 9.17) is 13.9 Å². The molecule has 0 aliphatic carbocycles. The maximum Gasteiger partial charge on any atom is 0.352 e. The van der Waals surface area contributed by atoms with Crippen molar-refractivity contribution in [2.75, 3.05) is 19.5 Å². The zero-order valence-corrected chi connectivity index (χ0v) is 24.4. The van der Waals surface area contributed by atoms with Crippen LogP contribution in [0.5, 0.6) is 11.5 Å². The molecule has 0 bridgehead atoms. The van der Waals surface area contributed by atoms with Crippen LogP contribution < -0.4 is 16.1 Å². The molecule has 1 unspecified atom stereocenters. The van der Waals surface area contributed by atoms with Gasteiger partial charge in [-0.05, 0) is 17.7 Å². The van der Waals surface area contributed by atoms with Crippen LogP contribution in [0.15, 0.2) is 69.2 Å². The van der Waals surface area contributed by atoms with Crippen LogP contribution >= 0.6 is 11.8 Å². The summed E-state index contributed by atoms with van der Waals surface area (Å²) < 4.78 is 15.7. The summed E-state index contributed by atoms with van der Waals surface area (Å²) in [6, 6.07) is 8.60. The molecule has 3 amide bonds. The number of nitrogens with one attached hydrogen (secondary N) is 2. The number of ether oxygens (including phenoxy) is 2. The molecule has 2 aliphatic rings. The molecule has 0 saturated carbocycles. The number of hydrogen-bond donors (Lipinski definition) is 5. The number of benzene rings is 2. The van der Waals surface area contributed by atoms with Gasteiger partial charge in [-0.2, -0.15) is 0 Å². The molecule has 1 saturated heterocycles. The first-order valence-corrected chi connectivity index (χ1v) is 14.2. The summed E-state index contributed by atoms with van der Waals surface area (Å²) >= 11 is 1.07. The van der Waals surface area contributed by atoms with Crippen LogP contribution in [0, 0.1) is 0 Å². The number of hydrogen-bond acceptors (Lipinski definition) is 12. The van der Waals surface area contributed by atoms with E-state index in [9.17, 15) is 44.1 Å². The first-order valence-electron chi connectivity index (χ1n) is 13.1. The lowest BCUT2D eigenvalue weighted by molar-refractivity contribution is -0.193. The van der Waals surface area contributed by atoms with E-state index in [2.05, 4.69) is 10.6 Å². The Kier molecular flexibility index (Phi) is 8.27. The number of methoxy groups -OCH3 is 1. The number of nitrogens with zero attached hydrogens (tertiary/aromatic N) is 1. The molecule has 3 atom stereocenters. The number of fused-ring (bicyclic) bond motifs is 2. The van der Waals surface area contributed by atoms with Gasteiger partial charge in [0, 0.05) is 25.4 Å². The maximum atomic E-state index is 13.8. The summed E-state index contributed by atoms with van der Waals surface area (Å²) in [4.78, 5) is 78.1. The maximum absolute atomic E-state index is 13.8. The molecule has 1 aromatic heterocycles. The highest BCUT2D eigenvalue weighted by molar-refractivity contribution is 8.00. The van der Waals surface area contributed by atoms with Crippen LogP contribution in [0.3, 0.4) is 0 Å². The quantitative estimate of drug-likeness (QED) is 0.0954. The van der Waals surface area contributed by atoms with E-state index >= 15 is 0 Å². The second-order valence-corrected chi connectivity index (χ2v) is 11.0. The van der Waals surface area contributed by atoms with Crippen molar-refractivity contribution in [3.63, 3.8) is 0 Å². The highest BCUT2D eigenvalue weighted by Crippen LogP contribution is 2.47. The Bertz CT molecular complexity index is 1840. The van der Waals surface area contributed by atoms with Crippen molar-refractivity contribution in [1.29, 1.82) is 0 Å². The molecule has 5 N–H and O–H groups in total. The van der Waals surface area contributed by atoms with Gasteiger partial charge < -0.3 is 39.8 Å². The average Bonchev–Trinajstić information content (AvgIpc) is 3.02. The number of carbonyl (C=O) groups is 5. The van der Waals surface area contributed by atoms with Crippen molar-refractivity contribution in [3.8, 4) is 11.5 Å². The van der Waals surface area contributed by atoms with E-state index in [0.717, 1.165) is 49.1 Å². The average molecular weight is 640 g/mol. The van der Waals surface area contributed by atoms with Gasteiger partial charge in [0.2, 0.25) is 17.1 Å². The van der Waals surface area contributed by atoms with Gasteiger partial charge in [0.05, 0.1) is 5.39 Å². The van der Waals surface area contributed by atoms with Crippen molar-refractivity contribution in [1.82, 2.24) is 15.5 Å². The number of β-lactam (4-membered cyclic amide) rings is 1. The van der Waals surface area contributed by atoms with Crippen LogP contribution in [-0.2, 0) is 28.7 Å². The molecule has 5 rings (SSSR count). The van der Waals surface area contributed by atoms with Gasteiger partial charge in [-0.15, -0.1) is 11.8 Å². The van der Waals surface area contributed by atoms with Crippen molar-refractivity contribution >= 4 is 52.4 Å². The molecule has 45 heavy (non-hydrogen) atoms. The third kappa shape index (κ3) is 5.33. The zero-order valence-electron chi connectivity index (χ0n) is 23.6. The number of phenols is 2. The van der Waals surface area contributed by atoms with E-state index < -0.39 is 75.0 Å². The summed E-state index contributed by atoms with van der Waals surface area (Å²) in [5.41, 5.74) is -3.72. The smallest absolute Gasteiger partial charge is 0.352 e. The fourth-order valence-electron chi connectivity index (χ4n) is 4.98. The minimum absolute atomic E-state index is 0.0360. The molecule has 1 fully saturated rings. The standard InChI is InChI=1S/C29H25N3O12S/c1-13(33)43-10-15-12-45-28-29(42-2,27(41)32(28)20(15)26(39)40)31-25(38)19(14-6-4-3-5-7-14)30-24(37)17-11-44-23-16(21(17)35)8-9-18(34)22(23)36/h3-9,11,19,28,34,36H,10,12H2,1-2H3,(H,30,37)(H,31,38)(H,39,40)/t19?,28-,29-/m0/s1. The Morgan fingerprint density at radius 1 is 1.13 bits per heavy atom. The van der Waals surface area contributed by atoms with Crippen LogP contribution in [0.25, 0.3) is 11.0 Å². The van der Waals surface area contributed by atoms with Gasteiger partial charge in [-0.1, -0.05) is 30.3 Å². The van der Waals surface area contributed by atoms with E-state index in [1.807, 2.05) is 0 Å². The Balaban J connectivity index is 1.44. The molecule has 0 spiro atoms. The second kappa shape index (κ2) is 12.0. The van der Waals surface area contributed by atoms with Crippen molar-refractivity contribution in [2.45, 2.75) is 24.1 Å². The monoisotopic (exact) mass is 639 g/mol. The molecular formula is C29H25N3O12S. The number of carbonyl (C=O) groups excluding carboxylic acids is 4. The SMILES string of the molecule is CO[C@@]1(NC(=O)C(NC(=O)c2coc3c(O)c(O)ccc3c2=O)c2ccccc2)C(=O)N2C(C(=O)O)=C(COC(C)=O)CS[C@H]21. The van der Waals surface area contributed by atoms with Crippen LogP contribution in [0.4, 0.5) is 0 Å². The van der Waals surface area contributed by atoms with Crippen molar-refractivity contribution in [3.05, 3.63) is 81.3 Å². The normalized spacial score (nSPS) is 19.7. The molecule has 3 heterocycles. The third-order valence-electron chi connectivity index (χ3n) is 7.20. The van der Waals surface area contributed by atoms with Gasteiger partial charge >= 0.3 is 11.9 Å². The summed E-state index contributed by atoms with van der Waals surface area (Å²) in [7, 11) is 1.15. The number of carboxylic acids is 1. The summed E-state index contributed by atoms with van der Waals surface area (Å²) in [5.74, 6) is -6.15. The minimum Gasteiger partial charge on any atom is -0.504 e.